The molecule has 0 amide bonds. The van der Waals surface area contributed by atoms with E-state index in [9.17, 15) is 8.42 Å². The topological polar surface area (TPSA) is 78.6 Å². The van der Waals surface area contributed by atoms with E-state index in [1.807, 2.05) is 13.0 Å². The molecule has 0 aliphatic heterocycles. The molecule has 1 aromatic carbocycles. The van der Waals surface area contributed by atoms with Gasteiger partial charge in [0.15, 0.2) is 9.84 Å². The van der Waals surface area contributed by atoms with Crippen LogP contribution in [0.3, 0.4) is 0 Å². The fourth-order valence-electron chi connectivity index (χ4n) is 1.66. The third-order valence-electron chi connectivity index (χ3n) is 2.66. The highest BCUT2D eigenvalue weighted by Gasteiger charge is 2.11. The summed E-state index contributed by atoms with van der Waals surface area (Å²) in [5.74, 6) is 1.44. The molecule has 1 rings (SSSR count). The third kappa shape index (κ3) is 5.08. The van der Waals surface area contributed by atoms with Crippen LogP contribution in [-0.2, 0) is 16.4 Å². The van der Waals surface area contributed by atoms with Gasteiger partial charge in [-0.2, -0.15) is 0 Å². The molecule has 0 aliphatic rings. The molecule has 5 nitrogen and oxygen atoms in total. The summed E-state index contributed by atoms with van der Waals surface area (Å²) in [5.41, 5.74) is 6.44. The van der Waals surface area contributed by atoms with Crippen molar-refractivity contribution in [2.45, 2.75) is 19.9 Å². The molecule has 19 heavy (non-hydrogen) atoms. The zero-order valence-electron chi connectivity index (χ0n) is 11.4. The average molecular weight is 287 g/mol. The van der Waals surface area contributed by atoms with Gasteiger partial charge in [0.2, 0.25) is 0 Å². The minimum Gasteiger partial charge on any atom is -0.497 e. The van der Waals surface area contributed by atoms with E-state index < -0.39 is 9.84 Å². The largest absolute Gasteiger partial charge is 0.497 e. The van der Waals surface area contributed by atoms with E-state index in [0.29, 0.717) is 24.5 Å². The first-order valence-corrected chi connectivity index (χ1v) is 8.04. The molecule has 0 spiro atoms. The smallest absolute Gasteiger partial charge is 0.153 e. The Bertz CT molecular complexity index is 499. The highest BCUT2D eigenvalue weighted by atomic mass is 32.2. The molecule has 1 aromatic rings. The first-order chi connectivity index (χ1) is 9.02. The summed E-state index contributed by atoms with van der Waals surface area (Å²) in [6, 6.07) is 5.33. The van der Waals surface area contributed by atoms with Gasteiger partial charge in [0.25, 0.3) is 0 Å². The van der Waals surface area contributed by atoms with Crippen LogP contribution in [0, 0.1) is 0 Å². The molecule has 0 heterocycles. The quantitative estimate of drug-likeness (QED) is 0.781. The average Bonchev–Trinajstić information content (AvgIpc) is 2.38. The summed E-state index contributed by atoms with van der Waals surface area (Å²) in [5, 5.41) is 0. The lowest BCUT2D eigenvalue weighted by Crippen LogP contribution is -2.17. The number of benzene rings is 1. The Hall–Kier alpha value is -1.27. The summed E-state index contributed by atoms with van der Waals surface area (Å²) in [6.07, 6.45) is 0.621. The van der Waals surface area contributed by atoms with Crippen LogP contribution < -0.4 is 15.2 Å². The first kappa shape index (κ1) is 15.8. The molecule has 0 bridgehead atoms. The minimum atomic E-state index is -3.02. The first-order valence-electron chi connectivity index (χ1n) is 6.22. The lowest BCUT2D eigenvalue weighted by atomic mass is 10.2. The van der Waals surface area contributed by atoms with Crippen molar-refractivity contribution in [2.24, 2.45) is 5.73 Å². The molecule has 0 fully saturated rings. The Labute approximate surface area is 114 Å². The predicted octanol–water partition coefficient (Wildman–Crippen LogP) is 1.36. The van der Waals surface area contributed by atoms with Crippen LogP contribution in [0.2, 0.25) is 0 Å². The zero-order valence-corrected chi connectivity index (χ0v) is 12.2. The monoisotopic (exact) mass is 287 g/mol. The maximum atomic E-state index is 11.6. The number of hydrogen-bond acceptors (Lipinski definition) is 5. The van der Waals surface area contributed by atoms with Crippen molar-refractivity contribution in [1.82, 2.24) is 0 Å². The number of ether oxygens (including phenoxy) is 2. The lowest BCUT2D eigenvalue weighted by molar-refractivity contribution is 0.333. The van der Waals surface area contributed by atoms with Crippen molar-refractivity contribution in [1.29, 1.82) is 0 Å². The third-order valence-corrected chi connectivity index (χ3v) is 4.48. The van der Waals surface area contributed by atoms with Crippen LogP contribution in [0.4, 0.5) is 0 Å². The second kappa shape index (κ2) is 7.35. The SMILES string of the molecule is CCCS(=O)(=O)CCOc1cc(OC)ccc1CN. The van der Waals surface area contributed by atoms with Gasteiger partial charge in [-0.25, -0.2) is 8.42 Å². The Kier molecular flexibility index (Phi) is 6.11. The van der Waals surface area contributed by atoms with E-state index in [-0.39, 0.29) is 18.1 Å². The van der Waals surface area contributed by atoms with Gasteiger partial charge in [-0.05, 0) is 12.5 Å². The molecule has 0 saturated carbocycles. The molecular weight excluding hydrogens is 266 g/mol. The number of sulfone groups is 1. The van der Waals surface area contributed by atoms with Crippen LogP contribution in [0.5, 0.6) is 11.5 Å². The van der Waals surface area contributed by atoms with E-state index >= 15 is 0 Å². The van der Waals surface area contributed by atoms with E-state index in [1.54, 1.807) is 19.2 Å². The molecule has 0 unspecified atom stereocenters. The van der Waals surface area contributed by atoms with Crippen LogP contribution >= 0.6 is 0 Å². The van der Waals surface area contributed by atoms with E-state index in [0.717, 1.165) is 5.56 Å². The zero-order chi connectivity index (χ0) is 14.3. The summed E-state index contributed by atoms with van der Waals surface area (Å²) >= 11 is 0. The van der Waals surface area contributed by atoms with Crippen molar-refractivity contribution in [3.8, 4) is 11.5 Å². The summed E-state index contributed by atoms with van der Waals surface area (Å²) in [4.78, 5) is 0. The van der Waals surface area contributed by atoms with Crippen LogP contribution in [-0.4, -0.2) is 33.6 Å². The Morgan fingerprint density at radius 3 is 2.58 bits per heavy atom. The van der Waals surface area contributed by atoms with Crippen LogP contribution in [0.25, 0.3) is 0 Å². The van der Waals surface area contributed by atoms with Gasteiger partial charge < -0.3 is 15.2 Å². The summed E-state index contributed by atoms with van der Waals surface area (Å²) in [7, 11) is -1.46. The molecule has 0 radical (unpaired) electrons. The molecule has 0 saturated heterocycles. The Morgan fingerprint density at radius 2 is 2.00 bits per heavy atom. The van der Waals surface area contributed by atoms with Crippen molar-refractivity contribution in [3.05, 3.63) is 23.8 Å². The van der Waals surface area contributed by atoms with E-state index in [4.69, 9.17) is 15.2 Å². The van der Waals surface area contributed by atoms with Crippen molar-refractivity contribution < 1.29 is 17.9 Å². The van der Waals surface area contributed by atoms with Gasteiger partial charge in [0.05, 0.1) is 18.6 Å². The van der Waals surface area contributed by atoms with Gasteiger partial charge in [0.1, 0.15) is 18.1 Å². The molecular formula is C13H21NO4S. The van der Waals surface area contributed by atoms with Crippen molar-refractivity contribution in [3.63, 3.8) is 0 Å². The number of nitrogens with two attached hydrogens (primary N) is 1. The lowest BCUT2D eigenvalue weighted by Gasteiger charge is -2.12. The number of hydrogen-bond donors (Lipinski definition) is 1. The molecule has 2 N–H and O–H groups in total. The molecule has 6 heteroatoms. The van der Waals surface area contributed by atoms with E-state index in [2.05, 4.69) is 0 Å². The number of rotatable bonds is 8. The maximum absolute atomic E-state index is 11.6. The normalized spacial score (nSPS) is 11.3. The van der Waals surface area contributed by atoms with Crippen LogP contribution in [0.15, 0.2) is 18.2 Å². The summed E-state index contributed by atoms with van der Waals surface area (Å²) < 4.78 is 33.8. The predicted molar refractivity (Wildman–Crippen MR) is 75.3 cm³/mol. The molecule has 108 valence electrons. The van der Waals surface area contributed by atoms with Gasteiger partial charge in [-0.1, -0.05) is 13.0 Å². The van der Waals surface area contributed by atoms with Crippen molar-refractivity contribution in [2.75, 3.05) is 25.2 Å². The second-order valence-corrected chi connectivity index (χ2v) is 6.48. The fourth-order valence-corrected chi connectivity index (χ4v) is 2.82. The number of methoxy groups -OCH3 is 1. The fraction of sp³-hybridized carbons (Fsp3) is 0.538. The van der Waals surface area contributed by atoms with E-state index in [1.165, 1.54) is 0 Å². The highest BCUT2D eigenvalue weighted by molar-refractivity contribution is 7.91. The van der Waals surface area contributed by atoms with Gasteiger partial charge in [-0.3, -0.25) is 0 Å². The maximum Gasteiger partial charge on any atom is 0.153 e. The van der Waals surface area contributed by atoms with Gasteiger partial charge in [0, 0.05) is 18.2 Å². The Morgan fingerprint density at radius 1 is 1.26 bits per heavy atom. The minimum absolute atomic E-state index is 0.0159. The highest BCUT2D eigenvalue weighted by Crippen LogP contribution is 2.24. The van der Waals surface area contributed by atoms with Crippen LogP contribution in [0.1, 0.15) is 18.9 Å². The van der Waals surface area contributed by atoms with Gasteiger partial charge in [-0.15, -0.1) is 0 Å². The second-order valence-electron chi connectivity index (χ2n) is 4.18. The molecule has 0 atom stereocenters. The van der Waals surface area contributed by atoms with Gasteiger partial charge >= 0.3 is 0 Å². The summed E-state index contributed by atoms with van der Waals surface area (Å²) in [6.45, 7) is 2.30. The molecule has 0 aromatic heterocycles. The molecule has 0 aliphatic carbocycles. The Balaban J connectivity index is 2.66. The standard InChI is InChI=1S/C13H21NO4S/c1-3-7-19(15,16)8-6-18-13-9-12(17-2)5-4-11(13)10-14/h4-5,9H,3,6-8,10,14H2,1-2H3. The van der Waals surface area contributed by atoms with Crippen molar-refractivity contribution >= 4 is 9.84 Å².